The molecule has 1 aromatic rings. The highest BCUT2D eigenvalue weighted by molar-refractivity contribution is 5.96. The molecule has 1 aliphatic rings. The van der Waals surface area contributed by atoms with Crippen molar-refractivity contribution >= 4 is 11.9 Å². The largest absolute Gasteiger partial charge is 0.479 e. The minimum absolute atomic E-state index is 0.0616. The van der Waals surface area contributed by atoms with Gasteiger partial charge in [0.25, 0.3) is 5.91 Å². The first-order valence-corrected chi connectivity index (χ1v) is 5.57. The minimum atomic E-state index is -1.40. The summed E-state index contributed by atoms with van der Waals surface area (Å²) < 4.78 is 5.04. The zero-order valence-electron chi connectivity index (χ0n) is 9.92. The van der Waals surface area contributed by atoms with Gasteiger partial charge in [0.15, 0.2) is 5.54 Å². The Hall–Kier alpha value is -2.46. The van der Waals surface area contributed by atoms with Gasteiger partial charge in [-0.15, -0.1) is 0 Å². The van der Waals surface area contributed by atoms with Gasteiger partial charge in [-0.2, -0.15) is 5.26 Å². The van der Waals surface area contributed by atoms with Gasteiger partial charge in [0.1, 0.15) is 11.8 Å². The van der Waals surface area contributed by atoms with Gasteiger partial charge in [0, 0.05) is 19.2 Å². The maximum absolute atomic E-state index is 11.9. The molecule has 1 atom stereocenters. The van der Waals surface area contributed by atoms with E-state index in [1.54, 1.807) is 0 Å². The number of aliphatic carboxylic acids is 1. The lowest BCUT2D eigenvalue weighted by atomic mass is 9.99. The van der Waals surface area contributed by atoms with E-state index in [0.717, 1.165) is 0 Å². The van der Waals surface area contributed by atoms with Crippen LogP contribution in [0.4, 0.5) is 0 Å². The quantitative estimate of drug-likeness (QED) is 0.787. The number of rotatable bonds is 3. The lowest BCUT2D eigenvalue weighted by Crippen LogP contribution is -2.55. The van der Waals surface area contributed by atoms with Gasteiger partial charge in [0.05, 0.1) is 12.2 Å². The predicted molar refractivity (Wildman–Crippen MR) is 62.2 cm³/mol. The number of carbonyl (C=O) groups excluding carboxylic acids is 1. The van der Waals surface area contributed by atoms with Crippen LogP contribution in [-0.2, 0) is 9.53 Å². The summed E-state index contributed by atoms with van der Waals surface area (Å²) in [6.07, 6.45) is 1.47. The highest BCUT2D eigenvalue weighted by Crippen LogP contribution is 2.19. The van der Waals surface area contributed by atoms with Crippen LogP contribution < -0.4 is 5.32 Å². The number of aromatic nitrogens is 1. The second-order valence-electron chi connectivity index (χ2n) is 4.19. The summed E-state index contributed by atoms with van der Waals surface area (Å²) >= 11 is 0. The molecule has 0 aliphatic carbocycles. The van der Waals surface area contributed by atoms with Crippen LogP contribution in [0.1, 0.15) is 22.5 Å². The molecule has 2 heterocycles. The molecular formula is C12H11N3O4. The first kappa shape index (κ1) is 13.0. The molecule has 2 rings (SSSR count). The van der Waals surface area contributed by atoms with Crippen molar-refractivity contribution in [2.24, 2.45) is 0 Å². The first-order valence-electron chi connectivity index (χ1n) is 5.57. The van der Waals surface area contributed by atoms with Crippen LogP contribution in [0, 0.1) is 11.3 Å². The monoisotopic (exact) mass is 261 g/mol. The number of hydrogen-bond acceptors (Lipinski definition) is 5. The predicted octanol–water partition coefficient (Wildman–Crippen LogP) is -0.0732. The number of nitrogens with zero attached hydrogens (tertiary/aromatic N) is 2. The maximum Gasteiger partial charge on any atom is 0.331 e. The van der Waals surface area contributed by atoms with Crippen LogP contribution in [0.25, 0.3) is 0 Å². The Morgan fingerprint density at radius 3 is 2.79 bits per heavy atom. The van der Waals surface area contributed by atoms with E-state index in [1.807, 2.05) is 6.07 Å². The number of carbonyl (C=O) groups is 2. The second-order valence-corrected chi connectivity index (χ2v) is 4.19. The van der Waals surface area contributed by atoms with Crippen molar-refractivity contribution in [2.45, 2.75) is 12.0 Å². The van der Waals surface area contributed by atoms with Crippen molar-refractivity contribution in [3.8, 4) is 6.07 Å². The molecule has 0 spiro atoms. The molecule has 98 valence electrons. The third kappa shape index (κ3) is 2.53. The van der Waals surface area contributed by atoms with Crippen molar-refractivity contribution in [3.05, 3.63) is 29.6 Å². The van der Waals surface area contributed by atoms with Crippen LogP contribution >= 0.6 is 0 Å². The van der Waals surface area contributed by atoms with Gasteiger partial charge in [-0.05, 0) is 12.1 Å². The van der Waals surface area contributed by atoms with Crippen molar-refractivity contribution in [3.63, 3.8) is 0 Å². The Labute approximate surface area is 108 Å². The molecule has 7 heteroatoms. The van der Waals surface area contributed by atoms with Gasteiger partial charge >= 0.3 is 5.97 Å². The lowest BCUT2D eigenvalue weighted by Gasteiger charge is -2.23. The Morgan fingerprint density at radius 2 is 2.32 bits per heavy atom. The van der Waals surface area contributed by atoms with Crippen LogP contribution in [0.15, 0.2) is 18.3 Å². The van der Waals surface area contributed by atoms with Gasteiger partial charge in [-0.1, -0.05) is 0 Å². The molecule has 1 unspecified atom stereocenters. The SMILES string of the molecule is N#Cc1ccc(C(=O)NC2(C(=O)O)CCOC2)nc1. The highest BCUT2D eigenvalue weighted by Gasteiger charge is 2.44. The third-order valence-corrected chi connectivity index (χ3v) is 2.91. The Morgan fingerprint density at radius 1 is 1.53 bits per heavy atom. The summed E-state index contributed by atoms with van der Waals surface area (Å²) in [5.41, 5.74) is -1.01. The zero-order chi connectivity index (χ0) is 13.9. The van der Waals surface area contributed by atoms with Crippen molar-refractivity contribution in [2.75, 3.05) is 13.2 Å². The minimum Gasteiger partial charge on any atom is -0.479 e. The number of carboxylic acids is 1. The number of pyridine rings is 1. The van der Waals surface area contributed by atoms with Crippen molar-refractivity contribution < 1.29 is 19.4 Å². The summed E-state index contributed by atoms with van der Waals surface area (Å²) in [4.78, 5) is 27.0. The molecule has 1 aliphatic heterocycles. The summed E-state index contributed by atoms with van der Waals surface area (Å²) in [6, 6.07) is 4.70. The average molecular weight is 261 g/mol. The van der Waals surface area contributed by atoms with Gasteiger partial charge < -0.3 is 15.2 Å². The average Bonchev–Trinajstić information content (AvgIpc) is 2.88. The van der Waals surface area contributed by atoms with Crippen LogP contribution in [0.3, 0.4) is 0 Å². The maximum atomic E-state index is 11.9. The van der Waals surface area contributed by atoms with Crippen LogP contribution in [0.2, 0.25) is 0 Å². The van der Waals surface area contributed by atoms with Gasteiger partial charge in [-0.25, -0.2) is 9.78 Å². The Bertz CT molecular complexity index is 541. The number of nitrogens with one attached hydrogen (secondary N) is 1. The van der Waals surface area contributed by atoms with E-state index in [1.165, 1.54) is 18.3 Å². The third-order valence-electron chi connectivity index (χ3n) is 2.91. The highest BCUT2D eigenvalue weighted by atomic mass is 16.5. The lowest BCUT2D eigenvalue weighted by molar-refractivity contribution is -0.144. The standard InChI is InChI=1S/C12H11N3O4/c13-5-8-1-2-9(14-6-8)10(16)15-12(11(17)18)3-4-19-7-12/h1-2,6H,3-4,7H2,(H,15,16)(H,17,18). The number of hydrogen-bond donors (Lipinski definition) is 2. The smallest absolute Gasteiger partial charge is 0.331 e. The first-order chi connectivity index (χ1) is 9.07. The topological polar surface area (TPSA) is 112 Å². The Balaban J connectivity index is 2.15. The molecule has 2 N–H and O–H groups in total. The fourth-order valence-electron chi connectivity index (χ4n) is 1.76. The van der Waals surface area contributed by atoms with E-state index >= 15 is 0 Å². The number of carboxylic acid groups (broad SMARTS) is 1. The van der Waals surface area contributed by atoms with E-state index in [-0.39, 0.29) is 25.3 Å². The van der Waals surface area contributed by atoms with Crippen molar-refractivity contribution in [1.82, 2.24) is 10.3 Å². The van der Waals surface area contributed by atoms with Gasteiger partial charge in [-0.3, -0.25) is 4.79 Å². The molecule has 1 fully saturated rings. The normalized spacial score (nSPS) is 21.6. The molecular weight excluding hydrogens is 250 g/mol. The zero-order valence-corrected chi connectivity index (χ0v) is 9.92. The molecule has 1 saturated heterocycles. The number of ether oxygens (including phenoxy) is 1. The van der Waals surface area contributed by atoms with Crippen LogP contribution in [-0.4, -0.2) is 40.7 Å². The molecule has 1 aromatic heterocycles. The summed E-state index contributed by atoms with van der Waals surface area (Å²) in [6.45, 7) is 0.220. The molecule has 19 heavy (non-hydrogen) atoms. The number of amides is 1. The summed E-state index contributed by atoms with van der Waals surface area (Å²) in [5.74, 6) is -1.73. The van der Waals surface area contributed by atoms with Crippen LogP contribution in [0.5, 0.6) is 0 Å². The fraction of sp³-hybridized carbons (Fsp3) is 0.333. The molecule has 7 nitrogen and oxygen atoms in total. The van der Waals surface area contributed by atoms with Crippen molar-refractivity contribution in [1.29, 1.82) is 5.26 Å². The van der Waals surface area contributed by atoms with E-state index in [9.17, 15) is 14.7 Å². The van der Waals surface area contributed by atoms with E-state index in [0.29, 0.717) is 5.56 Å². The summed E-state index contributed by atoms with van der Waals surface area (Å²) in [7, 11) is 0. The summed E-state index contributed by atoms with van der Waals surface area (Å²) in [5, 5.41) is 20.2. The fourth-order valence-corrected chi connectivity index (χ4v) is 1.76. The van der Waals surface area contributed by atoms with Gasteiger partial charge in [0.2, 0.25) is 0 Å². The Kier molecular flexibility index (Phi) is 3.44. The van der Waals surface area contributed by atoms with E-state index < -0.39 is 17.4 Å². The van der Waals surface area contributed by atoms with E-state index in [2.05, 4.69) is 10.3 Å². The molecule has 0 saturated carbocycles. The second kappa shape index (κ2) is 5.04. The van der Waals surface area contributed by atoms with E-state index in [4.69, 9.17) is 10.00 Å². The molecule has 0 bridgehead atoms. The molecule has 1 amide bonds. The molecule has 0 radical (unpaired) electrons. The molecule has 0 aromatic carbocycles. The number of nitriles is 1.